The number of carbonyl (C=O) groups is 3. The lowest BCUT2D eigenvalue weighted by molar-refractivity contribution is -0.122. The summed E-state index contributed by atoms with van der Waals surface area (Å²) in [5, 5.41) is 2.18. The molecule has 1 aromatic heterocycles. The molecule has 1 aromatic carbocycles. The minimum absolute atomic E-state index is 0.105. The van der Waals surface area contributed by atoms with E-state index in [4.69, 9.17) is 4.74 Å². The van der Waals surface area contributed by atoms with Crippen LogP contribution in [0.2, 0.25) is 0 Å². The lowest BCUT2D eigenvalue weighted by Crippen LogP contribution is -2.54. The third kappa shape index (κ3) is 3.10. The number of hydrogen-bond acceptors (Lipinski definition) is 5. The van der Waals surface area contributed by atoms with Gasteiger partial charge in [-0.05, 0) is 46.3 Å². The molecular weight excluding hydrogens is 396 g/mol. The van der Waals surface area contributed by atoms with Crippen LogP contribution in [0.25, 0.3) is 6.08 Å². The number of hydrogen-bond donors (Lipinski definition) is 1. The van der Waals surface area contributed by atoms with Crippen LogP contribution in [-0.2, 0) is 9.59 Å². The minimum atomic E-state index is -0.789. The van der Waals surface area contributed by atoms with Crippen molar-refractivity contribution < 1.29 is 19.1 Å². The van der Waals surface area contributed by atoms with Gasteiger partial charge < -0.3 is 4.74 Å². The van der Waals surface area contributed by atoms with Crippen LogP contribution in [0.4, 0.5) is 10.5 Å². The van der Waals surface area contributed by atoms with Crippen molar-refractivity contribution in [3.8, 4) is 5.75 Å². The van der Waals surface area contributed by atoms with Crippen molar-refractivity contribution >= 4 is 56.9 Å². The van der Waals surface area contributed by atoms with Crippen molar-refractivity contribution in [3.05, 3.63) is 50.6 Å². The van der Waals surface area contributed by atoms with Crippen LogP contribution in [0, 0.1) is 0 Å². The van der Waals surface area contributed by atoms with E-state index in [0.717, 1.165) is 13.6 Å². The molecule has 0 spiro atoms. The number of amides is 4. The van der Waals surface area contributed by atoms with Crippen LogP contribution in [0.3, 0.4) is 0 Å². The Labute approximate surface area is 149 Å². The Hall–Kier alpha value is -2.45. The highest BCUT2D eigenvalue weighted by atomic mass is 79.9. The van der Waals surface area contributed by atoms with Crippen molar-refractivity contribution in [3.63, 3.8) is 0 Å². The first-order chi connectivity index (χ1) is 11.5. The van der Waals surface area contributed by atoms with E-state index >= 15 is 0 Å². The topological polar surface area (TPSA) is 75.7 Å². The average Bonchev–Trinajstić information content (AvgIpc) is 2.96. The van der Waals surface area contributed by atoms with Gasteiger partial charge in [0.1, 0.15) is 11.3 Å². The predicted octanol–water partition coefficient (Wildman–Crippen LogP) is 3.19. The third-order valence-electron chi connectivity index (χ3n) is 3.29. The molecule has 1 saturated heterocycles. The Morgan fingerprint density at radius 2 is 2.00 bits per heavy atom. The molecule has 0 bridgehead atoms. The summed E-state index contributed by atoms with van der Waals surface area (Å²) in [6.45, 7) is 0. The number of nitrogens with one attached hydrogen (secondary N) is 1. The van der Waals surface area contributed by atoms with Crippen LogP contribution in [0.5, 0.6) is 5.75 Å². The van der Waals surface area contributed by atoms with E-state index in [0.29, 0.717) is 11.4 Å². The quantitative estimate of drug-likeness (QED) is 0.627. The zero-order valence-electron chi connectivity index (χ0n) is 12.4. The molecule has 1 N–H and O–H groups in total. The Balaban J connectivity index is 2.01. The third-order valence-corrected chi connectivity index (χ3v) is 4.86. The number of anilines is 1. The molecule has 8 heteroatoms. The predicted molar refractivity (Wildman–Crippen MR) is 94.0 cm³/mol. The number of urea groups is 1. The molecule has 0 atom stereocenters. The fraction of sp³-hybridized carbons (Fsp3) is 0.0625. The van der Waals surface area contributed by atoms with Crippen molar-refractivity contribution in [1.29, 1.82) is 0 Å². The number of thiophene rings is 1. The van der Waals surface area contributed by atoms with Gasteiger partial charge in [0.25, 0.3) is 11.8 Å². The van der Waals surface area contributed by atoms with E-state index in [1.165, 1.54) is 24.5 Å². The Kier molecular flexibility index (Phi) is 4.50. The molecule has 1 aliphatic heterocycles. The van der Waals surface area contributed by atoms with Crippen molar-refractivity contribution in [1.82, 2.24) is 5.32 Å². The number of barbiturate groups is 1. The second-order valence-electron chi connectivity index (χ2n) is 4.80. The Bertz CT molecular complexity index is 874. The van der Waals surface area contributed by atoms with Gasteiger partial charge in [0.05, 0.1) is 16.6 Å². The largest absolute Gasteiger partial charge is 0.497 e. The van der Waals surface area contributed by atoms with Gasteiger partial charge in [-0.15, -0.1) is 11.3 Å². The van der Waals surface area contributed by atoms with Crippen LogP contribution in [-0.4, -0.2) is 25.0 Å². The van der Waals surface area contributed by atoms with E-state index < -0.39 is 17.8 Å². The number of imide groups is 2. The van der Waals surface area contributed by atoms with Crippen LogP contribution < -0.4 is 15.0 Å². The summed E-state index contributed by atoms with van der Waals surface area (Å²) in [6.07, 6.45) is 1.46. The van der Waals surface area contributed by atoms with Gasteiger partial charge in [-0.25, -0.2) is 9.69 Å². The number of methoxy groups -OCH3 is 1. The van der Waals surface area contributed by atoms with Crippen molar-refractivity contribution in [2.24, 2.45) is 0 Å². The van der Waals surface area contributed by atoms with E-state index in [9.17, 15) is 14.4 Å². The normalized spacial score (nSPS) is 16.5. The van der Waals surface area contributed by atoms with E-state index in [1.54, 1.807) is 30.3 Å². The van der Waals surface area contributed by atoms with Gasteiger partial charge >= 0.3 is 6.03 Å². The maximum atomic E-state index is 12.7. The number of nitrogens with zero attached hydrogens (tertiary/aromatic N) is 1. The van der Waals surface area contributed by atoms with Gasteiger partial charge in [0.2, 0.25) is 0 Å². The second-order valence-corrected chi connectivity index (χ2v) is 7.30. The van der Waals surface area contributed by atoms with E-state index in [2.05, 4.69) is 21.2 Å². The second kappa shape index (κ2) is 6.58. The maximum Gasteiger partial charge on any atom is 0.335 e. The average molecular weight is 407 g/mol. The number of ether oxygens (including phenoxy) is 1. The smallest absolute Gasteiger partial charge is 0.335 e. The lowest BCUT2D eigenvalue weighted by atomic mass is 10.1. The summed E-state index contributed by atoms with van der Waals surface area (Å²) < 4.78 is 5.98. The molecular formula is C16H11BrN2O4S. The summed E-state index contributed by atoms with van der Waals surface area (Å²) in [6, 6.07) is 9.29. The molecule has 2 aromatic rings. The molecule has 0 unspecified atom stereocenters. The number of halogens is 1. The van der Waals surface area contributed by atoms with Crippen LogP contribution in [0.15, 0.2) is 45.8 Å². The van der Waals surface area contributed by atoms with Crippen LogP contribution >= 0.6 is 27.3 Å². The lowest BCUT2D eigenvalue weighted by Gasteiger charge is -2.26. The highest BCUT2D eigenvalue weighted by Gasteiger charge is 2.37. The van der Waals surface area contributed by atoms with Crippen LogP contribution in [0.1, 0.15) is 4.88 Å². The highest BCUT2D eigenvalue weighted by Crippen LogP contribution is 2.28. The molecule has 2 heterocycles. The number of carbonyl (C=O) groups excluding carboxylic acids is 3. The summed E-state index contributed by atoms with van der Waals surface area (Å²) in [7, 11) is 1.49. The number of benzene rings is 1. The zero-order valence-corrected chi connectivity index (χ0v) is 14.8. The first-order valence-electron chi connectivity index (χ1n) is 6.80. The fourth-order valence-electron chi connectivity index (χ4n) is 2.19. The molecule has 1 aliphatic rings. The van der Waals surface area contributed by atoms with Crippen molar-refractivity contribution in [2.45, 2.75) is 0 Å². The molecule has 6 nitrogen and oxygen atoms in total. The van der Waals surface area contributed by atoms with Gasteiger partial charge in [0, 0.05) is 10.9 Å². The van der Waals surface area contributed by atoms with Gasteiger partial charge in [-0.1, -0.05) is 6.07 Å². The van der Waals surface area contributed by atoms with Gasteiger partial charge in [-0.3, -0.25) is 14.9 Å². The first-order valence-corrected chi connectivity index (χ1v) is 8.41. The van der Waals surface area contributed by atoms with Gasteiger partial charge in [0.15, 0.2) is 0 Å². The monoisotopic (exact) mass is 406 g/mol. The molecule has 0 radical (unpaired) electrons. The standard InChI is InChI=1S/C16H11BrN2O4S/c1-23-10-4-2-3-9(7-10)19-15(21)12(14(20)18-16(19)22)8-11-5-6-13(17)24-11/h2-8H,1H3,(H,18,20,22). The molecule has 1 fully saturated rings. The highest BCUT2D eigenvalue weighted by molar-refractivity contribution is 9.11. The maximum absolute atomic E-state index is 12.7. The molecule has 4 amide bonds. The zero-order chi connectivity index (χ0) is 17.3. The summed E-state index contributed by atoms with van der Waals surface area (Å²) in [5.41, 5.74) is 0.217. The Morgan fingerprint density at radius 3 is 2.67 bits per heavy atom. The first kappa shape index (κ1) is 16.4. The molecule has 0 saturated carbocycles. The van der Waals surface area contributed by atoms with E-state index in [-0.39, 0.29) is 5.57 Å². The minimum Gasteiger partial charge on any atom is -0.497 e. The fourth-order valence-corrected chi connectivity index (χ4v) is 3.56. The number of rotatable bonds is 3. The molecule has 3 rings (SSSR count). The molecule has 122 valence electrons. The van der Waals surface area contributed by atoms with E-state index in [1.807, 2.05) is 6.07 Å². The molecule has 24 heavy (non-hydrogen) atoms. The SMILES string of the molecule is COc1cccc(N2C(=O)NC(=O)C(=Cc3ccc(Br)s3)C2=O)c1. The Morgan fingerprint density at radius 1 is 1.21 bits per heavy atom. The van der Waals surface area contributed by atoms with Crippen molar-refractivity contribution in [2.75, 3.05) is 12.0 Å². The molecule has 0 aliphatic carbocycles. The van der Waals surface area contributed by atoms with Gasteiger partial charge in [-0.2, -0.15) is 0 Å². The summed E-state index contributed by atoms with van der Waals surface area (Å²) >= 11 is 4.70. The summed E-state index contributed by atoms with van der Waals surface area (Å²) in [5.74, 6) is -0.895. The summed E-state index contributed by atoms with van der Waals surface area (Å²) in [4.78, 5) is 38.5.